The number of carboxylic acid groups (broad SMARTS) is 1. The lowest BCUT2D eigenvalue weighted by atomic mass is 10.1. The molecule has 86 valence electrons. The zero-order valence-electron chi connectivity index (χ0n) is 8.07. The van der Waals surface area contributed by atoms with Gasteiger partial charge in [0.05, 0.1) is 5.69 Å². The number of aliphatic carboxylic acids is 1. The van der Waals surface area contributed by atoms with Gasteiger partial charge in [0.1, 0.15) is 18.7 Å². The van der Waals surface area contributed by atoms with Crippen molar-refractivity contribution in [3.8, 4) is 0 Å². The molecule has 1 aromatic heterocycles. The van der Waals surface area contributed by atoms with Crippen molar-refractivity contribution in [2.45, 2.75) is 5.92 Å². The van der Waals surface area contributed by atoms with E-state index in [0.717, 1.165) is 17.6 Å². The van der Waals surface area contributed by atoms with E-state index in [2.05, 4.69) is 15.0 Å². The average Bonchev–Trinajstić information content (AvgIpc) is 2.64. The van der Waals surface area contributed by atoms with E-state index >= 15 is 0 Å². The van der Waals surface area contributed by atoms with Crippen molar-refractivity contribution in [3.63, 3.8) is 0 Å². The summed E-state index contributed by atoms with van der Waals surface area (Å²) in [6.45, 7) is -0.206. The minimum atomic E-state index is -1.09. The number of carboxylic acids is 1. The molecule has 0 saturated heterocycles. The third-order valence-corrected chi connectivity index (χ3v) is 2.32. The van der Waals surface area contributed by atoms with Crippen LogP contribution in [0.4, 0.5) is 5.13 Å². The third-order valence-electron chi connectivity index (χ3n) is 1.63. The second-order valence-corrected chi connectivity index (χ2v) is 3.58. The summed E-state index contributed by atoms with van der Waals surface area (Å²) in [5, 5.41) is 14.0. The van der Waals surface area contributed by atoms with Gasteiger partial charge in [-0.2, -0.15) is 0 Å². The summed E-state index contributed by atoms with van der Waals surface area (Å²) in [4.78, 5) is 29.3. The highest BCUT2D eigenvalue weighted by Crippen LogP contribution is 2.20. The number of rotatable bonds is 6. The molecule has 1 heterocycles. The topological polar surface area (TPSA) is 115 Å². The summed E-state index contributed by atoms with van der Waals surface area (Å²) in [6, 6.07) is 0. The zero-order valence-corrected chi connectivity index (χ0v) is 8.88. The predicted octanol–water partition coefficient (Wildman–Crippen LogP) is 0.0948. The molecular weight excluding hydrogens is 234 g/mol. The molecule has 0 aliphatic carbocycles. The molecular formula is C8H9N3O4S. The first-order chi connectivity index (χ1) is 7.65. The smallest absolute Gasteiger partial charge is 0.316 e. The summed E-state index contributed by atoms with van der Waals surface area (Å²) in [5.74, 6) is -2.04. The van der Waals surface area contributed by atoms with Crippen LogP contribution in [-0.2, 0) is 14.4 Å². The lowest BCUT2D eigenvalue weighted by molar-refractivity contribution is -0.140. The van der Waals surface area contributed by atoms with Crippen LogP contribution in [0.2, 0.25) is 0 Å². The molecule has 0 aliphatic rings. The van der Waals surface area contributed by atoms with Crippen molar-refractivity contribution in [1.29, 1.82) is 0 Å². The number of thiazole rings is 1. The number of carbonyl (C=O) groups is 2. The Bertz CT molecular complexity index is 404. The number of hydrogen-bond acceptors (Lipinski definition) is 7. The van der Waals surface area contributed by atoms with Gasteiger partial charge in [0.25, 0.3) is 0 Å². The van der Waals surface area contributed by atoms with Crippen molar-refractivity contribution >= 4 is 34.9 Å². The Balaban J connectivity index is 2.65. The molecule has 7 nitrogen and oxygen atoms in total. The van der Waals surface area contributed by atoms with E-state index in [-0.39, 0.29) is 11.7 Å². The number of hydrogen-bond donors (Lipinski definition) is 2. The minimum Gasteiger partial charge on any atom is -0.481 e. The molecule has 0 aromatic carbocycles. The largest absolute Gasteiger partial charge is 0.481 e. The van der Waals surface area contributed by atoms with Crippen molar-refractivity contribution < 1.29 is 19.5 Å². The number of nitrogens with two attached hydrogens (primary N) is 1. The van der Waals surface area contributed by atoms with Crippen LogP contribution >= 0.6 is 11.3 Å². The highest BCUT2D eigenvalue weighted by Gasteiger charge is 2.23. The van der Waals surface area contributed by atoms with E-state index in [1.165, 1.54) is 0 Å². The molecule has 0 fully saturated rings. The Hall–Kier alpha value is -1.96. The number of anilines is 1. The molecule has 0 radical (unpaired) electrons. The van der Waals surface area contributed by atoms with E-state index in [9.17, 15) is 9.59 Å². The first-order valence-corrected chi connectivity index (χ1v) is 5.06. The predicted molar refractivity (Wildman–Crippen MR) is 57.4 cm³/mol. The third kappa shape index (κ3) is 3.31. The number of nitrogen functional groups attached to an aromatic ring is 1. The standard InChI is InChI=1S/C8H9N3O4S/c9-8-11-6(4-16-8)5(7(13)14)3-15-10-1-2-12/h1-2,4-5H,3H2,(H2,9,11)(H,13,14). The minimum absolute atomic E-state index is 0.206. The van der Waals surface area contributed by atoms with Crippen molar-refractivity contribution in [3.05, 3.63) is 11.1 Å². The molecule has 3 N–H and O–H groups in total. The van der Waals surface area contributed by atoms with Crippen LogP contribution in [0.3, 0.4) is 0 Å². The lowest BCUT2D eigenvalue weighted by Gasteiger charge is -2.07. The lowest BCUT2D eigenvalue weighted by Crippen LogP contribution is -2.17. The first-order valence-electron chi connectivity index (χ1n) is 4.18. The van der Waals surface area contributed by atoms with Crippen LogP contribution in [0.15, 0.2) is 10.5 Å². The summed E-state index contributed by atoms with van der Waals surface area (Å²) in [7, 11) is 0. The van der Waals surface area contributed by atoms with Crippen molar-refractivity contribution in [2.24, 2.45) is 5.16 Å². The summed E-state index contributed by atoms with van der Waals surface area (Å²) in [5.41, 5.74) is 5.71. The zero-order chi connectivity index (χ0) is 12.0. The summed E-state index contributed by atoms with van der Waals surface area (Å²) >= 11 is 1.15. The highest BCUT2D eigenvalue weighted by molar-refractivity contribution is 7.13. The van der Waals surface area contributed by atoms with E-state index in [1.54, 1.807) is 5.38 Å². The Morgan fingerprint density at radius 1 is 1.81 bits per heavy atom. The molecule has 0 amide bonds. The SMILES string of the molecule is Nc1nc(C(CON=CC=O)C(=O)O)cs1. The van der Waals surface area contributed by atoms with Crippen LogP contribution in [0.5, 0.6) is 0 Å². The van der Waals surface area contributed by atoms with Gasteiger partial charge in [-0.1, -0.05) is 5.16 Å². The number of aldehydes is 1. The maximum atomic E-state index is 10.9. The molecule has 8 heteroatoms. The number of carbonyl (C=O) groups excluding carboxylic acids is 1. The monoisotopic (exact) mass is 243 g/mol. The molecule has 0 spiro atoms. The molecule has 1 atom stereocenters. The van der Waals surface area contributed by atoms with Gasteiger partial charge in [0, 0.05) is 5.38 Å². The van der Waals surface area contributed by atoms with Gasteiger partial charge in [-0.25, -0.2) is 4.98 Å². The Kier molecular flexibility index (Phi) is 4.40. The van der Waals surface area contributed by atoms with Crippen molar-refractivity contribution in [2.75, 3.05) is 12.3 Å². The van der Waals surface area contributed by atoms with Crippen LogP contribution in [0, 0.1) is 0 Å². The Labute approximate surface area is 94.5 Å². The second-order valence-electron chi connectivity index (χ2n) is 2.69. The van der Waals surface area contributed by atoms with Crippen LogP contribution in [0.1, 0.15) is 11.6 Å². The van der Waals surface area contributed by atoms with Crippen LogP contribution < -0.4 is 5.73 Å². The van der Waals surface area contributed by atoms with Crippen LogP contribution in [0.25, 0.3) is 0 Å². The average molecular weight is 243 g/mol. The molecule has 1 unspecified atom stereocenters. The van der Waals surface area contributed by atoms with Gasteiger partial charge >= 0.3 is 5.97 Å². The number of nitrogens with zero attached hydrogens (tertiary/aromatic N) is 2. The maximum Gasteiger partial charge on any atom is 0.316 e. The highest BCUT2D eigenvalue weighted by atomic mass is 32.1. The fourth-order valence-corrected chi connectivity index (χ4v) is 1.55. The normalized spacial score (nSPS) is 12.5. The fourth-order valence-electron chi connectivity index (χ4n) is 0.929. The summed E-state index contributed by atoms with van der Waals surface area (Å²) in [6.07, 6.45) is 1.31. The molecule has 16 heavy (non-hydrogen) atoms. The summed E-state index contributed by atoms with van der Waals surface area (Å²) < 4.78 is 0. The van der Waals surface area contributed by atoms with Crippen molar-refractivity contribution in [1.82, 2.24) is 4.98 Å². The molecule has 0 aliphatic heterocycles. The molecule has 0 saturated carbocycles. The second kappa shape index (κ2) is 5.81. The van der Waals surface area contributed by atoms with Gasteiger partial charge in [0.2, 0.25) is 0 Å². The molecule has 1 aromatic rings. The van der Waals surface area contributed by atoms with Gasteiger partial charge in [-0.15, -0.1) is 11.3 Å². The van der Waals surface area contributed by atoms with E-state index in [1.807, 2.05) is 0 Å². The van der Waals surface area contributed by atoms with Gasteiger partial charge in [-0.05, 0) is 0 Å². The quantitative estimate of drug-likeness (QED) is 0.416. The number of oxime groups is 1. The maximum absolute atomic E-state index is 10.9. The molecule has 0 bridgehead atoms. The van der Waals surface area contributed by atoms with E-state index in [0.29, 0.717) is 12.0 Å². The molecule has 1 rings (SSSR count). The Morgan fingerprint density at radius 2 is 2.56 bits per heavy atom. The van der Waals surface area contributed by atoms with Crippen LogP contribution in [-0.4, -0.2) is 35.2 Å². The van der Waals surface area contributed by atoms with Gasteiger partial charge in [0.15, 0.2) is 11.4 Å². The van der Waals surface area contributed by atoms with E-state index < -0.39 is 11.9 Å². The number of aromatic nitrogens is 1. The van der Waals surface area contributed by atoms with Gasteiger partial charge in [-0.3, -0.25) is 9.59 Å². The van der Waals surface area contributed by atoms with E-state index in [4.69, 9.17) is 10.8 Å². The fraction of sp³-hybridized carbons (Fsp3) is 0.250. The Morgan fingerprint density at radius 3 is 3.06 bits per heavy atom. The van der Waals surface area contributed by atoms with Gasteiger partial charge < -0.3 is 15.7 Å². The first kappa shape index (κ1) is 12.1.